The molecule has 0 fully saturated rings. The highest BCUT2D eigenvalue weighted by atomic mass is 16.4. The molecule has 0 aliphatic heterocycles. The summed E-state index contributed by atoms with van der Waals surface area (Å²) in [5.41, 5.74) is 10.9. The molecular weight excluding hydrogens is 453 g/mol. The maximum Gasteiger partial charge on any atom is 0.488 e. The number of nitrogens with zero attached hydrogens (tertiary/aromatic N) is 1. The molecule has 0 atom stereocenters. The van der Waals surface area contributed by atoms with E-state index in [4.69, 9.17) is 0 Å². The SMILES string of the molecule is CC1(C)c2ccccc2-c2ccc(N(c3ccc(C4=CCCC=C4)cc3)c3cccc(B(O)O)c3)cc21. The summed E-state index contributed by atoms with van der Waals surface area (Å²) in [4.78, 5) is 2.19. The number of allylic oxidation sites excluding steroid dienone is 4. The summed E-state index contributed by atoms with van der Waals surface area (Å²) in [6.07, 6.45) is 8.89. The van der Waals surface area contributed by atoms with Crippen molar-refractivity contribution in [2.45, 2.75) is 32.1 Å². The van der Waals surface area contributed by atoms with Gasteiger partial charge in [-0.25, -0.2) is 0 Å². The molecule has 2 aliphatic carbocycles. The smallest absolute Gasteiger partial charge is 0.423 e. The van der Waals surface area contributed by atoms with Gasteiger partial charge in [-0.15, -0.1) is 0 Å². The Labute approximate surface area is 219 Å². The van der Waals surface area contributed by atoms with Crippen LogP contribution in [0.15, 0.2) is 109 Å². The Morgan fingerprint density at radius 1 is 0.703 bits per heavy atom. The first-order valence-corrected chi connectivity index (χ1v) is 12.9. The summed E-state index contributed by atoms with van der Waals surface area (Å²) in [7, 11) is -1.53. The van der Waals surface area contributed by atoms with Gasteiger partial charge in [-0.05, 0) is 88.1 Å². The lowest BCUT2D eigenvalue weighted by Gasteiger charge is -2.28. The summed E-state index contributed by atoms with van der Waals surface area (Å²) in [5.74, 6) is 0. The zero-order valence-electron chi connectivity index (χ0n) is 21.2. The van der Waals surface area contributed by atoms with Crippen molar-refractivity contribution >= 4 is 35.2 Å². The molecule has 0 saturated heterocycles. The van der Waals surface area contributed by atoms with Crippen molar-refractivity contribution in [3.8, 4) is 11.1 Å². The number of hydrogen-bond donors (Lipinski definition) is 2. The second-order valence-electron chi connectivity index (χ2n) is 10.4. The van der Waals surface area contributed by atoms with Gasteiger partial charge in [0.25, 0.3) is 0 Å². The Kier molecular flexibility index (Phi) is 5.87. The number of rotatable bonds is 5. The lowest BCUT2D eigenvalue weighted by molar-refractivity contribution is 0.426. The van der Waals surface area contributed by atoms with E-state index in [1.807, 2.05) is 18.2 Å². The van der Waals surface area contributed by atoms with E-state index in [2.05, 4.69) is 104 Å². The molecule has 0 radical (unpaired) electrons. The zero-order chi connectivity index (χ0) is 25.6. The molecule has 0 unspecified atom stereocenters. The van der Waals surface area contributed by atoms with Crippen LogP contribution < -0.4 is 10.4 Å². The van der Waals surface area contributed by atoms with E-state index in [-0.39, 0.29) is 5.41 Å². The summed E-state index contributed by atoms with van der Waals surface area (Å²) in [5, 5.41) is 19.7. The first-order chi connectivity index (χ1) is 17.9. The molecule has 0 amide bonds. The van der Waals surface area contributed by atoms with E-state index in [1.54, 1.807) is 6.07 Å². The van der Waals surface area contributed by atoms with Gasteiger partial charge in [0.1, 0.15) is 0 Å². The van der Waals surface area contributed by atoms with Crippen molar-refractivity contribution in [1.82, 2.24) is 0 Å². The molecule has 3 nitrogen and oxygen atoms in total. The standard InChI is InChI=1S/C33H30BNO2/c1-33(2)31-14-7-6-13-29(31)30-20-19-28(22-32(30)33)35(27-12-8-11-25(21-27)34(36)37)26-17-15-24(16-18-26)23-9-4-3-5-10-23/h4,6-22,36-37H,3,5H2,1-2H3. The van der Waals surface area contributed by atoms with E-state index in [9.17, 15) is 10.0 Å². The Balaban J connectivity index is 1.48. The van der Waals surface area contributed by atoms with Gasteiger partial charge < -0.3 is 14.9 Å². The van der Waals surface area contributed by atoms with Crippen LogP contribution in [0.1, 0.15) is 43.4 Å². The van der Waals surface area contributed by atoms with Crippen LogP contribution in [-0.2, 0) is 5.41 Å². The Hall–Kier alpha value is -3.86. The summed E-state index contributed by atoms with van der Waals surface area (Å²) < 4.78 is 0. The largest absolute Gasteiger partial charge is 0.488 e. The Morgan fingerprint density at radius 3 is 2.19 bits per heavy atom. The molecule has 0 heterocycles. The van der Waals surface area contributed by atoms with E-state index < -0.39 is 7.12 Å². The van der Waals surface area contributed by atoms with Crippen molar-refractivity contribution in [1.29, 1.82) is 0 Å². The van der Waals surface area contributed by atoms with E-state index in [0.717, 1.165) is 29.9 Å². The number of anilines is 3. The van der Waals surface area contributed by atoms with Crippen LogP contribution in [0.5, 0.6) is 0 Å². The van der Waals surface area contributed by atoms with Gasteiger partial charge in [-0.2, -0.15) is 0 Å². The highest BCUT2D eigenvalue weighted by molar-refractivity contribution is 6.58. The minimum Gasteiger partial charge on any atom is -0.423 e. The lowest BCUT2D eigenvalue weighted by atomic mass is 9.80. The van der Waals surface area contributed by atoms with Crippen LogP contribution in [0, 0.1) is 0 Å². The summed E-state index contributed by atoms with van der Waals surface area (Å²) in [6.45, 7) is 4.57. The topological polar surface area (TPSA) is 43.7 Å². The first-order valence-electron chi connectivity index (χ1n) is 12.9. The third-order valence-corrected chi connectivity index (χ3v) is 7.71. The fraction of sp³-hybridized carbons (Fsp3) is 0.152. The first kappa shape index (κ1) is 23.5. The van der Waals surface area contributed by atoms with Crippen molar-refractivity contribution < 1.29 is 10.0 Å². The second kappa shape index (κ2) is 9.22. The van der Waals surface area contributed by atoms with Gasteiger partial charge in [-0.1, -0.05) is 86.7 Å². The fourth-order valence-electron chi connectivity index (χ4n) is 5.73. The maximum absolute atomic E-state index is 9.87. The van der Waals surface area contributed by atoms with Gasteiger partial charge in [0, 0.05) is 22.5 Å². The summed E-state index contributed by atoms with van der Waals surface area (Å²) in [6, 6.07) is 31.4. The fourth-order valence-corrected chi connectivity index (χ4v) is 5.73. The molecule has 6 rings (SSSR count). The quantitative estimate of drug-likeness (QED) is 0.304. The van der Waals surface area contributed by atoms with Crippen LogP contribution in [0.2, 0.25) is 0 Å². The lowest BCUT2D eigenvalue weighted by Crippen LogP contribution is -2.30. The van der Waals surface area contributed by atoms with Crippen LogP contribution in [0.25, 0.3) is 16.7 Å². The van der Waals surface area contributed by atoms with Crippen molar-refractivity contribution in [2.24, 2.45) is 0 Å². The predicted molar refractivity (Wildman–Crippen MR) is 155 cm³/mol. The van der Waals surface area contributed by atoms with Gasteiger partial charge in [0.2, 0.25) is 0 Å². The van der Waals surface area contributed by atoms with Crippen molar-refractivity contribution in [2.75, 3.05) is 4.90 Å². The second-order valence-corrected chi connectivity index (χ2v) is 10.4. The van der Waals surface area contributed by atoms with Crippen molar-refractivity contribution in [3.63, 3.8) is 0 Å². The molecule has 0 spiro atoms. The van der Waals surface area contributed by atoms with E-state index >= 15 is 0 Å². The van der Waals surface area contributed by atoms with Crippen LogP contribution >= 0.6 is 0 Å². The van der Waals surface area contributed by atoms with E-state index in [1.165, 1.54) is 33.4 Å². The highest BCUT2D eigenvalue weighted by Crippen LogP contribution is 2.50. The Bertz CT molecular complexity index is 1530. The number of fused-ring (bicyclic) bond motifs is 3. The van der Waals surface area contributed by atoms with Gasteiger partial charge in [0.15, 0.2) is 0 Å². The van der Waals surface area contributed by atoms with Gasteiger partial charge in [-0.3, -0.25) is 0 Å². The molecular formula is C33H30BNO2. The third-order valence-electron chi connectivity index (χ3n) is 7.71. The molecule has 182 valence electrons. The summed E-state index contributed by atoms with van der Waals surface area (Å²) >= 11 is 0. The van der Waals surface area contributed by atoms with E-state index in [0.29, 0.717) is 5.46 Å². The predicted octanol–water partition coefficient (Wildman–Crippen LogP) is 6.88. The normalized spacial score (nSPS) is 15.1. The zero-order valence-corrected chi connectivity index (χ0v) is 21.2. The third kappa shape index (κ3) is 4.13. The van der Waals surface area contributed by atoms with Crippen LogP contribution in [0.4, 0.5) is 17.1 Å². The average Bonchev–Trinajstić information content (AvgIpc) is 3.16. The monoisotopic (exact) mass is 483 g/mol. The molecule has 4 aromatic carbocycles. The van der Waals surface area contributed by atoms with Gasteiger partial charge >= 0.3 is 7.12 Å². The molecule has 2 aliphatic rings. The minimum absolute atomic E-state index is 0.111. The molecule has 0 bridgehead atoms. The van der Waals surface area contributed by atoms with Gasteiger partial charge in [0.05, 0.1) is 0 Å². The molecule has 37 heavy (non-hydrogen) atoms. The number of hydrogen-bond acceptors (Lipinski definition) is 3. The van der Waals surface area contributed by atoms with Crippen LogP contribution in [-0.4, -0.2) is 17.2 Å². The Morgan fingerprint density at radius 2 is 1.43 bits per heavy atom. The average molecular weight is 483 g/mol. The molecule has 4 heteroatoms. The molecule has 0 saturated carbocycles. The molecule has 0 aromatic heterocycles. The van der Waals surface area contributed by atoms with Crippen LogP contribution in [0.3, 0.4) is 0 Å². The maximum atomic E-state index is 9.87. The molecule has 4 aromatic rings. The molecule has 2 N–H and O–H groups in total. The number of benzene rings is 4. The minimum atomic E-state index is -1.53. The van der Waals surface area contributed by atoms with Crippen molar-refractivity contribution in [3.05, 3.63) is 126 Å². The highest BCUT2D eigenvalue weighted by Gasteiger charge is 2.35.